The van der Waals surface area contributed by atoms with Gasteiger partial charge in [0.05, 0.1) is 18.1 Å². The molecule has 2 fully saturated rings. The van der Waals surface area contributed by atoms with Crippen molar-refractivity contribution >= 4 is 11.9 Å². The van der Waals surface area contributed by atoms with E-state index >= 15 is 0 Å². The van der Waals surface area contributed by atoms with Gasteiger partial charge in [0.15, 0.2) is 0 Å². The molecular weight excluding hydrogens is 210 g/mol. The molecule has 2 heterocycles. The van der Waals surface area contributed by atoms with Gasteiger partial charge in [0, 0.05) is 0 Å². The van der Waals surface area contributed by atoms with Gasteiger partial charge in [0.25, 0.3) is 0 Å². The average molecular weight is 227 g/mol. The molecule has 2 N–H and O–H groups in total. The van der Waals surface area contributed by atoms with E-state index in [-0.39, 0.29) is 24.0 Å². The highest BCUT2D eigenvalue weighted by Gasteiger charge is 2.44. The van der Waals surface area contributed by atoms with Crippen molar-refractivity contribution in [3.63, 3.8) is 0 Å². The molecule has 4 atom stereocenters. The fourth-order valence-electron chi connectivity index (χ4n) is 2.53. The van der Waals surface area contributed by atoms with Gasteiger partial charge in [-0.2, -0.15) is 0 Å². The maximum atomic E-state index is 11.9. The number of carbonyl (C=O) groups is 2. The third-order valence-electron chi connectivity index (χ3n) is 3.47. The minimum absolute atomic E-state index is 0.0105. The Bertz CT molecular complexity index is 304. The molecule has 2 aliphatic rings. The Labute approximate surface area is 94.2 Å². The highest BCUT2D eigenvalue weighted by atomic mass is 16.5. The van der Waals surface area contributed by atoms with Crippen molar-refractivity contribution < 1.29 is 19.4 Å². The lowest BCUT2D eigenvalue weighted by Gasteiger charge is -2.20. The van der Waals surface area contributed by atoms with Crippen LogP contribution in [0.5, 0.6) is 0 Å². The van der Waals surface area contributed by atoms with Crippen molar-refractivity contribution in [2.45, 2.75) is 50.9 Å². The van der Waals surface area contributed by atoms with Gasteiger partial charge in [-0.15, -0.1) is 0 Å². The number of nitrogens with one attached hydrogen (secondary N) is 1. The zero-order valence-electron chi connectivity index (χ0n) is 9.31. The molecule has 4 unspecified atom stereocenters. The van der Waals surface area contributed by atoms with Crippen molar-refractivity contribution in [3.8, 4) is 0 Å². The van der Waals surface area contributed by atoms with Gasteiger partial charge in [0.2, 0.25) is 5.91 Å². The first-order chi connectivity index (χ1) is 7.61. The molecule has 0 spiro atoms. The first kappa shape index (κ1) is 11.4. The van der Waals surface area contributed by atoms with Crippen LogP contribution in [0.1, 0.15) is 32.6 Å². The minimum Gasteiger partial charge on any atom is -0.480 e. The first-order valence-electron chi connectivity index (χ1n) is 5.80. The van der Waals surface area contributed by atoms with Crippen LogP contribution in [0.15, 0.2) is 0 Å². The highest BCUT2D eigenvalue weighted by molar-refractivity contribution is 5.85. The number of fused-ring (bicyclic) bond motifs is 2. The molecule has 1 amide bonds. The zero-order chi connectivity index (χ0) is 11.7. The fraction of sp³-hybridized carbons (Fsp3) is 0.818. The summed E-state index contributed by atoms with van der Waals surface area (Å²) in [4.78, 5) is 22.6. The summed E-state index contributed by atoms with van der Waals surface area (Å²) in [6, 6.07) is -0.772. The van der Waals surface area contributed by atoms with E-state index in [2.05, 4.69) is 5.32 Å². The summed E-state index contributed by atoms with van der Waals surface area (Å²) in [7, 11) is 0. The minimum atomic E-state index is -0.972. The second-order valence-corrected chi connectivity index (χ2v) is 4.52. The lowest BCUT2D eigenvalue weighted by Crippen LogP contribution is -2.45. The van der Waals surface area contributed by atoms with E-state index in [4.69, 9.17) is 9.84 Å². The van der Waals surface area contributed by atoms with E-state index in [9.17, 15) is 9.59 Å². The van der Waals surface area contributed by atoms with Gasteiger partial charge in [0.1, 0.15) is 6.04 Å². The number of ether oxygens (including phenoxy) is 1. The molecule has 0 saturated carbocycles. The monoisotopic (exact) mass is 227 g/mol. The zero-order valence-corrected chi connectivity index (χ0v) is 9.31. The van der Waals surface area contributed by atoms with Gasteiger partial charge in [-0.1, -0.05) is 6.92 Å². The Morgan fingerprint density at radius 3 is 2.69 bits per heavy atom. The number of rotatable bonds is 4. The first-order valence-corrected chi connectivity index (χ1v) is 5.80. The third-order valence-corrected chi connectivity index (χ3v) is 3.47. The number of hydrogen-bond acceptors (Lipinski definition) is 3. The Morgan fingerprint density at radius 2 is 2.25 bits per heavy atom. The number of amides is 1. The van der Waals surface area contributed by atoms with Crippen LogP contribution in [-0.4, -0.2) is 35.2 Å². The molecule has 0 aromatic carbocycles. The Balaban J connectivity index is 1.90. The standard InChI is InChI=1S/C11H17NO4/c1-2-8(11(14)15)12-10(13)7-5-6-3-4-9(7)16-6/h6-9H,2-5H2,1H3,(H,12,13)(H,14,15). The summed E-state index contributed by atoms with van der Waals surface area (Å²) < 4.78 is 5.57. The molecule has 2 saturated heterocycles. The Hall–Kier alpha value is -1.10. The molecule has 0 aliphatic carbocycles. The topological polar surface area (TPSA) is 75.6 Å². The molecule has 5 nitrogen and oxygen atoms in total. The second kappa shape index (κ2) is 4.41. The Kier molecular flexibility index (Phi) is 3.14. The van der Waals surface area contributed by atoms with Gasteiger partial charge >= 0.3 is 5.97 Å². The molecule has 2 aliphatic heterocycles. The maximum absolute atomic E-state index is 11.9. The van der Waals surface area contributed by atoms with Gasteiger partial charge in [-0.3, -0.25) is 4.79 Å². The molecule has 2 rings (SSSR count). The van der Waals surface area contributed by atoms with Crippen molar-refractivity contribution in [3.05, 3.63) is 0 Å². The second-order valence-electron chi connectivity index (χ2n) is 4.52. The summed E-state index contributed by atoms with van der Waals surface area (Å²) in [6.45, 7) is 1.75. The number of hydrogen-bond donors (Lipinski definition) is 2. The predicted octanol–water partition coefficient (Wildman–Crippen LogP) is 0.533. The molecule has 0 aromatic rings. The Morgan fingerprint density at radius 1 is 1.50 bits per heavy atom. The number of carboxylic acids is 1. The molecule has 90 valence electrons. The van der Waals surface area contributed by atoms with Crippen LogP contribution in [0.3, 0.4) is 0 Å². The van der Waals surface area contributed by atoms with Crippen LogP contribution in [0, 0.1) is 5.92 Å². The van der Waals surface area contributed by atoms with Crippen LogP contribution in [-0.2, 0) is 14.3 Å². The fourth-order valence-corrected chi connectivity index (χ4v) is 2.53. The maximum Gasteiger partial charge on any atom is 0.326 e. The largest absolute Gasteiger partial charge is 0.480 e. The van der Waals surface area contributed by atoms with Crippen LogP contribution < -0.4 is 5.32 Å². The van der Waals surface area contributed by atoms with Gasteiger partial charge in [-0.05, 0) is 25.7 Å². The number of aliphatic carboxylic acids is 1. The molecule has 0 aromatic heterocycles. The normalized spacial score (nSPS) is 33.7. The lowest BCUT2D eigenvalue weighted by atomic mass is 9.88. The van der Waals surface area contributed by atoms with E-state index in [1.54, 1.807) is 6.92 Å². The molecule has 16 heavy (non-hydrogen) atoms. The van der Waals surface area contributed by atoms with Crippen molar-refractivity contribution in [1.29, 1.82) is 0 Å². The summed E-state index contributed by atoms with van der Waals surface area (Å²) >= 11 is 0. The third kappa shape index (κ3) is 2.04. The molecule has 0 radical (unpaired) electrons. The highest BCUT2D eigenvalue weighted by Crippen LogP contribution is 2.38. The number of carboxylic acid groups (broad SMARTS) is 1. The predicted molar refractivity (Wildman–Crippen MR) is 55.9 cm³/mol. The quantitative estimate of drug-likeness (QED) is 0.734. The van der Waals surface area contributed by atoms with Crippen LogP contribution in [0.25, 0.3) is 0 Å². The summed E-state index contributed by atoms with van der Waals surface area (Å²) in [5, 5.41) is 11.4. The smallest absolute Gasteiger partial charge is 0.326 e. The van der Waals surface area contributed by atoms with Crippen molar-refractivity contribution in [2.75, 3.05) is 0 Å². The SMILES string of the molecule is CCC(NC(=O)C1CC2CCC1O2)C(=O)O. The van der Waals surface area contributed by atoms with Crippen LogP contribution in [0.2, 0.25) is 0 Å². The number of carbonyl (C=O) groups excluding carboxylic acids is 1. The molecular formula is C11H17NO4. The van der Waals surface area contributed by atoms with Crippen molar-refractivity contribution in [1.82, 2.24) is 5.32 Å². The van der Waals surface area contributed by atoms with Gasteiger partial charge < -0.3 is 15.2 Å². The van der Waals surface area contributed by atoms with Gasteiger partial charge in [-0.25, -0.2) is 4.79 Å². The summed E-state index contributed by atoms with van der Waals surface area (Å²) in [5.74, 6) is -1.28. The van der Waals surface area contributed by atoms with Crippen molar-refractivity contribution in [2.24, 2.45) is 5.92 Å². The van der Waals surface area contributed by atoms with Crippen LogP contribution >= 0.6 is 0 Å². The van der Waals surface area contributed by atoms with Crippen LogP contribution in [0.4, 0.5) is 0 Å². The molecule has 2 bridgehead atoms. The molecule has 5 heteroatoms. The van der Waals surface area contributed by atoms with E-state index in [0.29, 0.717) is 6.42 Å². The van der Waals surface area contributed by atoms with E-state index in [1.807, 2.05) is 0 Å². The summed E-state index contributed by atoms with van der Waals surface area (Å²) in [6.07, 6.45) is 3.33. The summed E-state index contributed by atoms with van der Waals surface area (Å²) in [5.41, 5.74) is 0. The van der Waals surface area contributed by atoms with E-state index < -0.39 is 12.0 Å². The lowest BCUT2D eigenvalue weighted by molar-refractivity contribution is -0.142. The van der Waals surface area contributed by atoms with E-state index in [1.165, 1.54) is 0 Å². The van der Waals surface area contributed by atoms with E-state index in [0.717, 1.165) is 19.3 Å². The average Bonchev–Trinajstić information content (AvgIpc) is 2.86.